The summed E-state index contributed by atoms with van der Waals surface area (Å²) in [6, 6.07) is 13.8. The van der Waals surface area contributed by atoms with E-state index >= 15 is 0 Å². The van der Waals surface area contributed by atoms with Gasteiger partial charge in [0.05, 0.1) is 24.9 Å². The molecule has 30 heavy (non-hydrogen) atoms. The van der Waals surface area contributed by atoms with Gasteiger partial charge in [-0.1, -0.05) is 42.8 Å². The number of nitrogens with zero attached hydrogens (tertiary/aromatic N) is 2. The molecule has 0 saturated heterocycles. The Morgan fingerprint density at radius 3 is 2.67 bits per heavy atom. The van der Waals surface area contributed by atoms with Crippen LogP contribution in [0.25, 0.3) is 11.1 Å². The molecule has 2 aromatic carbocycles. The van der Waals surface area contributed by atoms with Gasteiger partial charge >= 0.3 is 0 Å². The highest BCUT2D eigenvalue weighted by molar-refractivity contribution is 6.30. The Balaban J connectivity index is 1.61. The number of hydrogen-bond acceptors (Lipinski definition) is 4. The summed E-state index contributed by atoms with van der Waals surface area (Å²) in [6.07, 6.45) is 0.649. The molecule has 0 spiro atoms. The van der Waals surface area contributed by atoms with Crippen molar-refractivity contribution in [2.75, 3.05) is 17.7 Å². The number of halogens is 1. The minimum atomic E-state index is -0.721. The summed E-state index contributed by atoms with van der Waals surface area (Å²) in [5.41, 5.74) is 3.18. The zero-order valence-corrected chi connectivity index (χ0v) is 17.4. The largest absolute Gasteiger partial charge is 0.495 e. The minimum Gasteiger partial charge on any atom is -0.495 e. The zero-order valence-electron chi connectivity index (χ0n) is 16.6. The smallest absolute Gasteiger partial charge is 0.251 e. The van der Waals surface area contributed by atoms with Gasteiger partial charge in [0.25, 0.3) is 5.91 Å². The van der Waals surface area contributed by atoms with Crippen molar-refractivity contribution in [2.45, 2.75) is 25.8 Å². The van der Waals surface area contributed by atoms with E-state index in [0.717, 1.165) is 16.8 Å². The molecule has 2 N–H and O–H groups in total. The summed E-state index contributed by atoms with van der Waals surface area (Å²) < 4.78 is 6.88. The lowest BCUT2D eigenvalue weighted by Crippen LogP contribution is -2.24. The predicted molar refractivity (Wildman–Crippen MR) is 116 cm³/mol. The normalized spacial score (nSPS) is 14.9. The van der Waals surface area contributed by atoms with Crippen LogP contribution in [-0.4, -0.2) is 28.7 Å². The Labute approximate surface area is 179 Å². The average molecular weight is 425 g/mol. The maximum absolute atomic E-state index is 12.7. The number of ether oxygens (including phenoxy) is 1. The van der Waals surface area contributed by atoms with Crippen LogP contribution in [0.1, 0.15) is 25.1 Å². The van der Waals surface area contributed by atoms with Crippen LogP contribution >= 0.6 is 11.6 Å². The number of hydrogen-bond donors (Lipinski definition) is 2. The van der Waals surface area contributed by atoms with Crippen LogP contribution in [0.15, 0.2) is 48.5 Å². The highest BCUT2D eigenvalue weighted by Crippen LogP contribution is 2.39. The molecular weight excluding hydrogens is 404 g/mol. The fourth-order valence-electron chi connectivity index (χ4n) is 3.61. The van der Waals surface area contributed by atoms with E-state index in [4.69, 9.17) is 16.3 Å². The molecule has 8 heteroatoms. The number of methoxy groups -OCH3 is 1. The molecule has 2 amide bonds. The topological polar surface area (TPSA) is 85.2 Å². The first-order valence-electron chi connectivity index (χ1n) is 9.62. The lowest BCUT2D eigenvalue weighted by molar-refractivity contribution is -0.123. The molecule has 0 fully saturated rings. The number of nitrogens with one attached hydrogen (secondary N) is 2. The Bertz CT molecular complexity index is 1110. The Morgan fingerprint density at radius 1 is 1.23 bits per heavy atom. The van der Waals surface area contributed by atoms with Gasteiger partial charge in [0.15, 0.2) is 0 Å². The Hall–Kier alpha value is -3.32. The molecule has 3 aromatic rings. The molecule has 1 atom stereocenters. The monoisotopic (exact) mass is 424 g/mol. The second kappa shape index (κ2) is 8.20. The van der Waals surface area contributed by atoms with Gasteiger partial charge in [0, 0.05) is 10.6 Å². The fourth-order valence-corrected chi connectivity index (χ4v) is 3.73. The first-order chi connectivity index (χ1) is 14.5. The van der Waals surface area contributed by atoms with E-state index in [1.165, 1.54) is 7.11 Å². The standard InChI is InChI=1S/C22H21ClN4O3/c1-3-15-20(13-8-10-14(23)11-9-13)21-25-22(29)17(27(21)26-15)12-19(28)24-16-6-4-5-7-18(16)30-2/h4-11,17H,3,12H2,1-2H3,(H,24,28)(H,25,29). The molecule has 0 saturated carbocycles. The second-order valence-corrected chi connectivity index (χ2v) is 7.37. The van der Waals surface area contributed by atoms with Gasteiger partial charge in [0.1, 0.15) is 17.6 Å². The first kappa shape index (κ1) is 20.0. The Morgan fingerprint density at radius 2 is 1.97 bits per heavy atom. The SMILES string of the molecule is CCc1nn2c(c1-c1ccc(Cl)cc1)NC(=O)C2CC(=O)Nc1ccccc1OC. The number of fused-ring (bicyclic) bond motifs is 1. The van der Waals surface area contributed by atoms with E-state index in [2.05, 4.69) is 15.7 Å². The number of carbonyl (C=O) groups excluding carboxylic acids is 2. The number of aryl methyl sites for hydroxylation is 1. The second-order valence-electron chi connectivity index (χ2n) is 6.93. The number of amides is 2. The maximum atomic E-state index is 12.7. The van der Waals surface area contributed by atoms with Crippen LogP contribution in [0, 0.1) is 0 Å². The van der Waals surface area contributed by atoms with Crippen molar-refractivity contribution in [3.63, 3.8) is 0 Å². The summed E-state index contributed by atoms with van der Waals surface area (Å²) in [7, 11) is 1.54. The van der Waals surface area contributed by atoms with Crippen LogP contribution in [0.5, 0.6) is 5.75 Å². The summed E-state index contributed by atoms with van der Waals surface area (Å²) >= 11 is 6.01. The molecule has 1 aliphatic rings. The Kier molecular flexibility index (Phi) is 5.46. The third kappa shape index (κ3) is 3.64. The lowest BCUT2D eigenvalue weighted by atomic mass is 10.0. The van der Waals surface area contributed by atoms with Crippen LogP contribution in [-0.2, 0) is 16.0 Å². The van der Waals surface area contributed by atoms with E-state index in [1.807, 2.05) is 25.1 Å². The maximum Gasteiger partial charge on any atom is 0.251 e. The third-order valence-electron chi connectivity index (χ3n) is 5.05. The summed E-state index contributed by atoms with van der Waals surface area (Å²) in [5, 5.41) is 11.0. The number of rotatable bonds is 6. The van der Waals surface area contributed by atoms with Gasteiger partial charge in [-0.25, -0.2) is 4.68 Å². The van der Waals surface area contributed by atoms with E-state index in [9.17, 15) is 9.59 Å². The van der Waals surface area contributed by atoms with Gasteiger partial charge in [-0.05, 0) is 36.2 Å². The van der Waals surface area contributed by atoms with Crippen molar-refractivity contribution >= 4 is 34.9 Å². The molecule has 0 bridgehead atoms. The van der Waals surface area contributed by atoms with Crippen molar-refractivity contribution in [2.24, 2.45) is 0 Å². The summed E-state index contributed by atoms with van der Waals surface area (Å²) in [5.74, 6) is 0.605. The average Bonchev–Trinajstić information content (AvgIpc) is 3.24. The lowest BCUT2D eigenvalue weighted by Gasteiger charge is -2.12. The summed E-state index contributed by atoms with van der Waals surface area (Å²) in [6.45, 7) is 2.00. The highest BCUT2D eigenvalue weighted by Gasteiger charge is 2.36. The molecule has 154 valence electrons. The van der Waals surface area contributed by atoms with E-state index < -0.39 is 6.04 Å². The van der Waals surface area contributed by atoms with E-state index in [1.54, 1.807) is 35.0 Å². The van der Waals surface area contributed by atoms with Gasteiger partial charge < -0.3 is 15.4 Å². The van der Waals surface area contributed by atoms with Gasteiger partial charge in [0.2, 0.25) is 5.91 Å². The van der Waals surface area contributed by atoms with Crippen molar-refractivity contribution in [3.05, 3.63) is 59.2 Å². The molecule has 0 radical (unpaired) electrons. The van der Waals surface area contributed by atoms with E-state index in [-0.39, 0.29) is 18.2 Å². The number of para-hydroxylation sites is 2. The van der Waals surface area contributed by atoms with Crippen LogP contribution in [0.4, 0.5) is 11.5 Å². The van der Waals surface area contributed by atoms with Crippen molar-refractivity contribution in [3.8, 4) is 16.9 Å². The number of carbonyl (C=O) groups is 2. The van der Waals surface area contributed by atoms with Gasteiger partial charge in [-0.2, -0.15) is 5.10 Å². The van der Waals surface area contributed by atoms with Crippen molar-refractivity contribution in [1.29, 1.82) is 0 Å². The van der Waals surface area contributed by atoms with Crippen molar-refractivity contribution in [1.82, 2.24) is 9.78 Å². The molecule has 1 aliphatic heterocycles. The minimum absolute atomic E-state index is 0.0399. The summed E-state index contributed by atoms with van der Waals surface area (Å²) in [4.78, 5) is 25.3. The number of anilines is 2. The van der Waals surface area contributed by atoms with Gasteiger partial charge in [-0.15, -0.1) is 0 Å². The first-order valence-corrected chi connectivity index (χ1v) is 10.0. The molecule has 4 rings (SSSR count). The quantitative estimate of drug-likeness (QED) is 0.618. The molecular formula is C22H21ClN4O3. The van der Waals surface area contributed by atoms with Gasteiger partial charge in [-0.3, -0.25) is 9.59 Å². The van der Waals surface area contributed by atoms with Crippen LogP contribution < -0.4 is 15.4 Å². The van der Waals surface area contributed by atoms with E-state index in [0.29, 0.717) is 28.7 Å². The molecule has 0 aliphatic carbocycles. The van der Waals surface area contributed by atoms with Crippen molar-refractivity contribution < 1.29 is 14.3 Å². The molecule has 2 heterocycles. The molecule has 7 nitrogen and oxygen atoms in total. The predicted octanol–water partition coefficient (Wildman–Crippen LogP) is 4.30. The van der Waals surface area contributed by atoms with Crippen LogP contribution in [0.3, 0.4) is 0 Å². The van der Waals surface area contributed by atoms with Crippen LogP contribution in [0.2, 0.25) is 5.02 Å². The fraction of sp³-hybridized carbons (Fsp3) is 0.227. The molecule has 1 unspecified atom stereocenters. The number of aromatic nitrogens is 2. The zero-order chi connectivity index (χ0) is 21.3. The highest BCUT2D eigenvalue weighted by atomic mass is 35.5. The third-order valence-corrected chi connectivity index (χ3v) is 5.30. The number of benzene rings is 2. The molecule has 1 aromatic heterocycles.